The van der Waals surface area contributed by atoms with Gasteiger partial charge in [0.15, 0.2) is 5.78 Å². The van der Waals surface area contributed by atoms with E-state index in [4.69, 9.17) is 0 Å². The van der Waals surface area contributed by atoms with E-state index in [0.717, 1.165) is 57.5 Å². The van der Waals surface area contributed by atoms with Crippen LogP contribution in [0.3, 0.4) is 0 Å². The molecule has 2 unspecified atom stereocenters. The quantitative estimate of drug-likeness (QED) is 0.729. The minimum atomic E-state index is -0.0478. The Bertz CT molecular complexity index is 915. The van der Waals surface area contributed by atoms with Gasteiger partial charge in [0, 0.05) is 49.5 Å². The van der Waals surface area contributed by atoms with Gasteiger partial charge < -0.3 is 15.3 Å². The summed E-state index contributed by atoms with van der Waals surface area (Å²) >= 11 is 0. The largest absolute Gasteiger partial charge is 0.508 e. The van der Waals surface area contributed by atoms with Gasteiger partial charge in [0.25, 0.3) is 0 Å². The number of nitrogens with zero attached hydrogens (tertiary/aromatic N) is 2. The fourth-order valence-corrected chi connectivity index (χ4v) is 5.88. The number of ketones is 1. The number of hydrogen-bond donors (Lipinski definition) is 2. The predicted octanol–water partition coefficient (Wildman–Crippen LogP) is 4.46. The van der Waals surface area contributed by atoms with E-state index < -0.39 is 0 Å². The van der Waals surface area contributed by atoms with Gasteiger partial charge >= 0.3 is 0 Å². The number of benzene rings is 2. The van der Waals surface area contributed by atoms with E-state index >= 15 is 0 Å². The molecule has 5 nitrogen and oxygen atoms in total. The van der Waals surface area contributed by atoms with Crippen LogP contribution in [0.4, 0.5) is 11.4 Å². The van der Waals surface area contributed by atoms with Crippen LogP contribution in [0.2, 0.25) is 0 Å². The summed E-state index contributed by atoms with van der Waals surface area (Å²) in [6.45, 7) is 3.60. The van der Waals surface area contributed by atoms with Crippen molar-refractivity contribution in [2.24, 2.45) is 5.92 Å². The van der Waals surface area contributed by atoms with E-state index in [2.05, 4.69) is 39.4 Å². The SMILES string of the molecule is O=C(C1CCCCC1)C(C1CCc2ccccc2N1)N1CCN(c2ccc(O)cc2)CC1. The number of rotatable bonds is 5. The van der Waals surface area contributed by atoms with Crippen molar-refractivity contribution in [1.29, 1.82) is 0 Å². The van der Waals surface area contributed by atoms with Gasteiger partial charge in [-0.3, -0.25) is 9.69 Å². The first kappa shape index (κ1) is 21.3. The number of carbonyl (C=O) groups is 1. The molecule has 170 valence electrons. The zero-order valence-electron chi connectivity index (χ0n) is 18.9. The summed E-state index contributed by atoms with van der Waals surface area (Å²) in [6, 6.07) is 16.1. The van der Waals surface area contributed by atoms with Gasteiger partial charge in [-0.1, -0.05) is 37.5 Å². The zero-order chi connectivity index (χ0) is 21.9. The third kappa shape index (κ3) is 4.49. The van der Waals surface area contributed by atoms with Crippen LogP contribution in [0.5, 0.6) is 5.75 Å². The zero-order valence-corrected chi connectivity index (χ0v) is 18.9. The lowest BCUT2D eigenvalue weighted by Crippen LogP contribution is -2.60. The van der Waals surface area contributed by atoms with E-state index in [9.17, 15) is 9.90 Å². The molecule has 2 atom stereocenters. The maximum atomic E-state index is 13.9. The molecule has 2 aromatic rings. The van der Waals surface area contributed by atoms with Crippen LogP contribution in [0.1, 0.15) is 44.1 Å². The Morgan fingerprint density at radius 3 is 2.38 bits per heavy atom. The molecule has 1 saturated heterocycles. The maximum Gasteiger partial charge on any atom is 0.155 e. The van der Waals surface area contributed by atoms with Crippen LogP contribution in [0.25, 0.3) is 0 Å². The fraction of sp³-hybridized carbons (Fsp3) is 0.519. The molecule has 0 radical (unpaired) electrons. The molecule has 0 bridgehead atoms. The van der Waals surface area contributed by atoms with Crippen molar-refractivity contribution >= 4 is 17.2 Å². The minimum Gasteiger partial charge on any atom is -0.508 e. The molecule has 2 N–H and O–H groups in total. The van der Waals surface area contributed by atoms with E-state index in [1.54, 1.807) is 12.1 Å². The summed E-state index contributed by atoms with van der Waals surface area (Å²) < 4.78 is 0. The number of para-hydroxylation sites is 1. The van der Waals surface area contributed by atoms with Gasteiger partial charge in [-0.15, -0.1) is 0 Å². The molecule has 0 aromatic heterocycles. The smallest absolute Gasteiger partial charge is 0.155 e. The summed E-state index contributed by atoms with van der Waals surface area (Å²) in [4.78, 5) is 18.7. The number of hydrogen-bond acceptors (Lipinski definition) is 5. The summed E-state index contributed by atoms with van der Waals surface area (Å²) in [5, 5.41) is 13.4. The molecule has 1 saturated carbocycles. The van der Waals surface area contributed by atoms with E-state index in [-0.39, 0.29) is 18.0 Å². The van der Waals surface area contributed by atoms with Crippen molar-refractivity contribution in [2.75, 3.05) is 36.4 Å². The second kappa shape index (κ2) is 9.53. The molecule has 0 amide bonds. The van der Waals surface area contributed by atoms with E-state index in [0.29, 0.717) is 11.5 Å². The van der Waals surface area contributed by atoms with Crippen LogP contribution in [0.15, 0.2) is 48.5 Å². The van der Waals surface area contributed by atoms with Crippen molar-refractivity contribution in [2.45, 2.75) is 57.0 Å². The van der Waals surface area contributed by atoms with Crippen molar-refractivity contribution in [3.8, 4) is 5.75 Å². The van der Waals surface area contributed by atoms with Crippen LogP contribution in [-0.4, -0.2) is 54.1 Å². The monoisotopic (exact) mass is 433 g/mol. The molecule has 32 heavy (non-hydrogen) atoms. The lowest BCUT2D eigenvalue weighted by atomic mass is 9.80. The Hall–Kier alpha value is -2.53. The highest BCUT2D eigenvalue weighted by Crippen LogP contribution is 2.32. The highest BCUT2D eigenvalue weighted by atomic mass is 16.3. The lowest BCUT2D eigenvalue weighted by molar-refractivity contribution is -0.130. The van der Waals surface area contributed by atoms with Crippen molar-refractivity contribution in [3.63, 3.8) is 0 Å². The molecular formula is C27H35N3O2. The molecule has 2 fully saturated rings. The standard InChI is InChI=1S/C27H35N3O2/c31-23-13-11-22(12-14-23)29-16-18-30(19-17-29)26(27(32)21-7-2-1-3-8-21)25-15-10-20-6-4-5-9-24(20)28-25/h4-6,9,11-14,21,25-26,28,31H,1-3,7-8,10,15-19H2. The number of phenols is 1. The number of fused-ring (bicyclic) bond motifs is 1. The Morgan fingerprint density at radius 2 is 1.62 bits per heavy atom. The second-order valence-electron chi connectivity index (χ2n) is 9.67. The maximum absolute atomic E-state index is 13.9. The topological polar surface area (TPSA) is 55.8 Å². The van der Waals surface area contributed by atoms with Gasteiger partial charge in [0.2, 0.25) is 0 Å². The van der Waals surface area contributed by atoms with Crippen molar-refractivity contribution < 1.29 is 9.90 Å². The predicted molar refractivity (Wildman–Crippen MR) is 129 cm³/mol. The number of aryl methyl sites for hydroxylation is 1. The average molecular weight is 434 g/mol. The Kier molecular flexibility index (Phi) is 6.35. The Balaban J connectivity index is 1.33. The first-order valence-corrected chi connectivity index (χ1v) is 12.4. The molecule has 3 aliphatic rings. The van der Waals surface area contributed by atoms with Crippen LogP contribution in [-0.2, 0) is 11.2 Å². The lowest BCUT2D eigenvalue weighted by Gasteiger charge is -2.45. The molecule has 5 heteroatoms. The number of anilines is 2. The van der Waals surface area contributed by atoms with Gasteiger partial charge in [-0.2, -0.15) is 0 Å². The minimum absolute atomic E-state index is 0.0478. The number of nitrogens with one attached hydrogen (secondary N) is 1. The summed E-state index contributed by atoms with van der Waals surface area (Å²) in [5.74, 6) is 0.997. The van der Waals surface area contributed by atoms with Gasteiger partial charge in [-0.25, -0.2) is 0 Å². The number of aromatic hydroxyl groups is 1. The van der Waals surface area contributed by atoms with Crippen LogP contribution in [0, 0.1) is 5.92 Å². The van der Waals surface area contributed by atoms with Crippen molar-refractivity contribution in [3.05, 3.63) is 54.1 Å². The first-order chi connectivity index (χ1) is 15.7. The Morgan fingerprint density at radius 1 is 0.906 bits per heavy atom. The second-order valence-corrected chi connectivity index (χ2v) is 9.67. The molecule has 2 aliphatic heterocycles. The summed E-state index contributed by atoms with van der Waals surface area (Å²) in [5.41, 5.74) is 3.71. The fourth-order valence-electron chi connectivity index (χ4n) is 5.88. The Labute approximate surface area is 191 Å². The normalized spacial score (nSPS) is 23.2. The molecule has 0 spiro atoms. The molecule has 5 rings (SSSR count). The third-order valence-corrected chi connectivity index (χ3v) is 7.69. The van der Waals surface area contributed by atoms with E-state index in [1.165, 1.54) is 30.5 Å². The van der Waals surface area contributed by atoms with Gasteiger partial charge in [0.1, 0.15) is 5.75 Å². The average Bonchev–Trinajstić information content (AvgIpc) is 2.85. The highest BCUT2D eigenvalue weighted by molar-refractivity contribution is 5.88. The third-order valence-electron chi connectivity index (χ3n) is 7.69. The molecule has 2 heterocycles. The number of Topliss-reactive ketones (excluding diaryl/α,β-unsaturated/α-hetero) is 1. The van der Waals surface area contributed by atoms with Crippen LogP contribution >= 0.6 is 0 Å². The number of carbonyl (C=O) groups excluding carboxylic acids is 1. The number of phenolic OH excluding ortho intramolecular Hbond substituents is 1. The van der Waals surface area contributed by atoms with Gasteiger partial charge in [-0.05, 0) is 61.6 Å². The molecule has 1 aliphatic carbocycles. The first-order valence-electron chi connectivity index (χ1n) is 12.4. The number of piperazine rings is 1. The van der Waals surface area contributed by atoms with Gasteiger partial charge in [0.05, 0.1) is 6.04 Å². The summed E-state index contributed by atoms with van der Waals surface area (Å²) in [7, 11) is 0. The molecule has 2 aromatic carbocycles. The summed E-state index contributed by atoms with van der Waals surface area (Å²) in [6.07, 6.45) is 7.83. The van der Waals surface area contributed by atoms with Crippen LogP contribution < -0.4 is 10.2 Å². The van der Waals surface area contributed by atoms with Crippen molar-refractivity contribution in [1.82, 2.24) is 4.90 Å². The highest BCUT2D eigenvalue weighted by Gasteiger charge is 2.39. The van der Waals surface area contributed by atoms with E-state index in [1.807, 2.05) is 12.1 Å². The molecular weight excluding hydrogens is 398 g/mol.